The zero-order valence-corrected chi connectivity index (χ0v) is 6.03. The summed E-state index contributed by atoms with van der Waals surface area (Å²) in [5.74, 6) is 0. The van der Waals surface area contributed by atoms with Crippen molar-refractivity contribution in [2.75, 3.05) is 0 Å². The lowest BCUT2D eigenvalue weighted by Gasteiger charge is -1.93. The number of hydrogen-bond donors (Lipinski definition) is 0. The quantitative estimate of drug-likeness (QED) is 0.570. The standard InChI is InChI=1S/C8H6N2O/c1-6-2-3-8(10-11)7(4-6)5-9/h2-4H,1H3. The van der Waals surface area contributed by atoms with Gasteiger partial charge in [-0.1, -0.05) is 6.07 Å². The van der Waals surface area contributed by atoms with Crippen LogP contribution in [0.5, 0.6) is 0 Å². The molecular weight excluding hydrogens is 140 g/mol. The smallest absolute Gasteiger partial charge is 0.125 e. The van der Waals surface area contributed by atoms with E-state index in [2.05, 4.69) is 5.18 Å². The van der Waals surface area contributed by atoms with Crippen LogP contribution in [-0.4, -0.2) is 0 Å². The molecule has 0 bridgehead atoms. The van der Waals surface area contributed by atoms with Crippen LogP contribution in [0.25, 0.3) is 0 Å². The fraction of sp³-hybridized carbons (Fsp3) is 0.125. The van der Waals surface area contributed by atoms with Crippen LogP contribution < -0.4 is 0 Å². The highest BCUT2D eigenvalue weighted by molar-refractivity contribution is 5.54. The summed E-state index contributed by atoms with van der Waals surface area (Å²) in [4.78, 5) is 10.1. The molecule has 0 unspecified atom stereocenters. The van der Waals surface area contributed by atoms with Gasteiger partial charge in [0.1, 0.15) is 11.8 Å². The van der Waals surface area contributed by atoms with E-state index in [4.69, 9.17) is 5.26 Å². The van der Waals surface area contributed by atoms with Crippen molar-refractivity contribution in [3.63, 3.8) is 0 Å². The average molecular weight is 146 g/mol. The van der Waals surface area contributed by atoms with Crippen LogP contribution in [0.1, 0.15) is 11.1 Å². The van der Waals surface area contributed by atoms with Crippen LogP contribution in [0.3, 0.4) is 0 Å². The van der Waals surface area contributed by atoms with Gasteiger partial charge in [-0.2, -0.15) is 5.26 Å². The highest BCUT2D eigenvalue weighted by Gasteiger charge is 2.00. The normalized spacial score (nSPS) is 8.73. The minimum Gasteiger partial charge on any atom is -0.192 e. The van der Waals surface area contributed by atoms with Crippen molar-refractivity contribution in [3.8, 4) is 6.07 Å². The molecule has 3 nitrogen and oxygen atoms in total. The Balaban J connectivity index is 3.30. The van der Waals surface area contributed by atoms with Crippen molar-refractivity contribution in [2.24, 2.45) is 5.18 Å². The largest absolute Gasteiger partial charge is 0.192 e. The zero-order valence-electron chi connectivity index (χ0n) is 6.03. The second kappa shape index (κ2) is 2.93. The lowest BCUT2D eigenvalue weighted by molar-refractivity contribution is 1.38. The highest BCUT2D eigenvalue weighted by atomic mass is 16.3. The van der Waals surface area contributed by atoms with Crippen molar-refractivity contribution in [1.82, 2.24) is 0 Å². The van der Waals surface area contributed by atoms with Crippen molar-refractivity contribution >= 4 is 5.69 Å². The molecule has 1 aromatic carbocycles. The van der Waals surface area contributed by atoms with Gasteiger partial charge in [0, 0.05) is 0 Å². The predicted octanol–water partition coefficient (Wildman–Crippen LogP) is 2.26. The maximum absolute atomic E-state index is 10.1. The Hall–Kier alpha value is -1.69. The molecule has 0 aliphatic carbocycles. The van der Waals surface area contributed by atoms with Gasteiger partial charge in [-0.05, 0) is 29.8 Å². The van der Waals surface area contributed by atoms with Gasteiger partial charge in [0.15, 0.2) is 0 Å². The summed E-state index contributed by atoms with van der Waals surface area (Å²) in [6.45, 7) is 1.86. The third-order valence-corrected chi connectivity index (χ3v) is 1.37. The van der Waals surface area contributed by atoms with E-state index < -0.39 is 0 Å². The van der Waals surface area contributed by atoms with Crippen LogP contribution in [0, 0.1) is 23.2 Å². The topological polar surface area (TPSA) is 53.2 Å². The Kier molecular flexibility index (Phi) is 1.98. The average Bonchev–Trinajstić information content (AvgIpc) is 2.04. The van der Waals surface area contributed by atoms with Crippen LogP contribution in [0.15, 0.2) is 23.4 Å². The lowest BCUT2D eigenvalue weighted by atomic mass is 10.1. The van der Waals surface area contributed by atoms with Gasteiger partial charge in [-0.3, -0.25) is 0 Å². The molecule has 0 aromatic heterocycles. The summed E-state index contributed by atoms with van der Waals surface area (Å²) >= 11 is 0. The van der Waals surface area contributed by atoms with Gasteiger partial charge < -0.3 is 0 Å². The molecule has 0 aliphatic heterocycles. The van der Waals surface area contributed by atoms with Gasteiger partial charge in [-0.15, -0.1) is 4.91 Å². The van der Waals surface area contributed by atoms with E-state index >= 15 is 0 Å². The number of aryl methyl sites for hydroxylation is 1. The number of nitriles is 1. The molecule has 0 radical (unpaired) electrons. The molecule has 0 N–H and O–H groups in total. The van der Waals surface area contributed by atoms with Crippen LogP contribution in [-0.2, 0) is 0 Å². The summed E-state index contributed by atoms with van der Waals surface area (Å²) in [7, 11) is 0. The molecule has 0 amide bonds. The van der Waals surface area contributed by atoms with Crippen LogP contribution >= 0.6 is 0 Å². The Bertz CT molecular complexity index is 325. The maximum atomic E-state index is 10.1. The fourth-order valence-corrected chi connectivity index (χ4v) is 0.819. The number of rotatable bonds is 1. The van der Waals surface area contributed by atoms with Crippen LogP contribution in [0.2, 0.25) is 0 Å². The molecule has 3 heteroatoms. The molecular formula is C8H6N2O. The van der Waals surface area contributed by atoms with E-state index in [0.29, 0.717) is 5.56 Å². The molecule has 0 heterocycles. The molecule has 1 rings (SSSR count). The predicted molar refractivity (Wildman–Crippen MR) is 41.3 cm³/mol. The maximum Gasteiger partial charge on any atom is 0.125 e. The van der Waals surface area contributed by atoms with Gasteiger partial charge in [0.2, 0.25) is 0 Å². The van der Waals surface area contributed by atoms with Crippen molar-refractivity contribution < 1.29 is 0 Å². The minimum absolute atomic E-state index is 0.207. The third kappa shape index (κ3) is 1.41. The van der Waals surface area contributed by atoms with Crippen molar-refractivity contribution in [3.05, 3.63) is 34.2 Å². The van der Waals surface area contributed by atoms with E-state index in [9.17, 15) is 4.91 Å². The summed E-state index contributed by atoms with van der Waals surface area (Å²) in [5.41, 5.74) is 1.49. The van der Waals surface area contributed by atoms with E-state index in [1.165, 1.54) is 0 Å². The Morgan fingerprint density at radius 1 is 1.55 bits per heavy atom. The number of benzene rings is 1. The molecule has 0 saturated carbocycles. The molecule has 1 aromatic rings. The molecule has 0 fully saturated rings. The lowest BCUT2D eigenvalue weighted by Crippen LogP contribution is -1.77. The molecule has 0 saturated heterocycles. The minimum atomic E-state index is 0.207. The second-order valence-electron chi connectivity index (χ2n) is 2.22. The van der Waals surface area contributed by atoms with E-state index in [1.54, 1.807) is 18.2 Å². The third-order valence-electron chi connectivity index (χ3n) is 1.37. The highest BCUT2D eigenvalue weighted by Crippen LogP contribution is 2.18. The first-order valence-electron chi connectivity index (χ1n) is 3.12. The van der Waals surface area contributed by atoms with Gasteiger partial charge in [0.25, 0.3) is 0 Å². The monoisotopic (exact) mass is 146 g/mol. The van der Waals surface area contributed by atoms with Gasteiger partial charge >= 0.3 is 0 Å². The summed E-state index contributed by atoms with van der Waals surface area (Å²) < 4.78 is 0. The van der Waals surface area contributed by atoms with E-state index in [-0.39, 0.29) is 5.69 Å². The Morgan fingerprint density at radius 3 is 2.82 bits per heavy atom. The van der Waals surface area contributed by atoms with E-state index in [0.717, 1.165) is 5.56 Å². The first-order chi connectivity index (χ1) is 5.27. The number of nitroso groups, excluding NO2 is 1. The fourth-order valence-electron chi connectivity index (χ4n) is 0.819. The number of hydrogen-bond acceptors (Lipinski definition) is 3. The molecule has 54 valence electrons. The van der Waals surface area contributed by atoms with Crippen molar-refractivity contribution in [2.45, 2.75) is 6.92 Å². The summed E-state index contributed by atoms with van der Waals surface area (Å²) in [6, 6.07) is 6.82. The molecule has 0 aliphatic rings. The molecule has 11 heavy (non-hydrogen) atoms. The first-order valence-corrected chi connectivity index (χ1v) is 3.12. The number of nitrogens with zero attached hydrogens (tertiary/aromatic N) is 2. The Morgan fingerprint density at radius 2 is 2.27 bits per heavy atom. The van der Waals surface area contributed by atoms with Gasteiger partial charge in [0.05, 0.1) is 5.56 Å². The van der Waals surface area contributed by atoms with E-state index in [1.807, 2.05) is 13.0 Å². The van der Waals surface area contributed by atoms with Gasteiger partial charge in [-0.25, -0.2) is 0 Å². The van der Waals surface area contributed by atoms with Crippen LogP contribution in [0.4, 0.5) is 5.69 Å². The first kappa shape index (κ1) is 7.42. The SMILES string of the molecule is Cc1ccc(N=O)c(C#N)c1. The second-order valence-corrected chi connectivity index (χ2v) is 2.22. The molecule has 0 spiro atoms. The summed E-state index contributed by atoms with van der Waals surface area (Å²) in [5, 5.41) is 11.2. The Labute approximate surface area is 64.2 Å². The zero-order chi connectivity index (χ0) is 8.27. The molecule has 0 atom stereocenters. The summed E-state index contributed by atoms with van der Waals surface area (Å²) in [6.07, 6.45) is 0. The van der Waals surface area contributed by atoms with Crippen molar-refractivity contribution in [1.29, 1.82) is 5.26 Å².